The summed E-state index contributed by atoms with van der Waals surface area (Å²) < 4.78 is 20.8. The van der Waals surface area contributed by atoms with E-state index in [0.29, 0.717) is 33.8 Å². The number of hydrogen-bond acceptors (Lipinski definition) is 8. The molecular formula is C23H32N6O4S. The van der Waals surface area contributed by atoms with Crippen molar-refractivity contribution in [1.29, 1.82) is 0 Å². The molecule has 0 spiro atoms. The number of rotatable bonds is 9. The molecule has 0 aliphatic carbocycles. The van der Waals surface area contributed by atoms with Gasteiger partial charge in [0.25, 0.3) is 5.89 Å². The Morgan fingerprint density at radius 3 is 2.38 bits per heavy atom. The quantitative estimate of drug-likeness (QED) is 0.324. The molecule has 5 N–H and O–H groups in total. The van der Waals surface area contributed by atoms with Gasteiger partial charge in [0, 0.05) is 28.5 Å². The molecule has 2 aromatic heterocycles. The Balaban J connectivity index is 0.00000324. The van der Waals surface area contributed by atoms with Gasteiger partial charge in [-0.15, -0.1) is 10.2 Å². The average Bonchev–Trinajstić information content (AvgIpc) is 3.34. The standard InChI is InChI=1S/C23H24N6O3S.H2O.3H2/c1-15-21(23-29-28-22(32-23)18-5-3-16(4-6-18)13-24-2)27-20(14-25-15)17-7-9-19(10-8-17)33(31)26-11-12-30;;;;/h3-10,14,24,26,30H,11-13H2,1-2H3;1H2;3*1H. The second-order valence-electron chi connectivity index (χ2n) is 7.24. The highest BCUT2D eigenvalue weighted by atomic mass is 32.2. The van der Waals surface area contributed by atoms with Gasteiger partial charge in [-0.2, -0.15) is 0 Å². The SMILES string of the molecule is CNCc1ccc(-c2nnc(-c3nc(-c4ccc(S(=O)NCCO)cc4)cnc3C)o2)cc1.O.[HH].[HH].[HH]. The Morgan fingerprint density at radius 1 is 1.03 bits per heavy atom. The third-order valence-electron chi connectivity index (χ3n) is 4.87. The molecule has 0 fully saturated rings. The van der Waals surface area contributed by atoms with Crippen LogP contribution < -0.4 is 10.0 Å². The zero-order valence-electron chi connectivity index (χ0n) is 18.8. The van der Waals surface area contributed by atoms with Gasteiger partial charge in [0.1, 0.15) is 16.7 Å². The molecule has 4 rings (SSSR count). The van der Waals surface area contributed by atoms with Gasteiger partial charge in [-0.1, -0.05) is 24.3 Å². The number of aliphatic hydroxyl groups excluding tert-OH is 1. The summed E-state index contributed by atoms with van der Waals surface area (Å²) in [4.78, 5) is 9.74. The number of hydrogen-bond donors (Lipinski definition) is 3. The van der Waals surface area contributed by atoms with Crippen LogP contribution in [0.3, 0.4) is 0 Å². The van der Waals surface area contributed by atoms with Crippen molar-refractivity contribution < 1.29 is 23.5 Å². The summed E-state index contributed by atoms with van der Waals surface area (Å²) >= 11 is 0. The van der Waals surface area contributed by atoms with E-state index in [4.69, 9.17) is 14.5 Å². The molecule has 10 nitrogen and oxygen atoms in total. The highest BCUT2D eigenvalue weighted by Crippen LogP contribution is 2.27. The summed E-state index contributed by atoms with van der Waals surface area (Å²) in [6, 6.07) is 15.1. The van der Waals surface area contributed by atoms with E-state index in [2.05, 4.69) is 25.2 Å². The third kappa shape index (κ3) is 5.76. The Morgan fingerprint density at radius 2 is 1.71 bits per heavy atom. The van der Waals surface area contributed by atoms with Crippen molar-refractivity contribution in [3.8, 4) is 34.3 Å². The molecule has 1 unspecified atom stereocenters. The minimum absolute atomic E-state index is 0. The molecule has 0 aliphatic heterocycles. The first-order valence-electron chi connectivity index (χ1n) is 10.4. The van der Waals surface area contributed by atoms with Crippen molar-refractivity contribution in [3.05, 3.63) is 66.0 Å². The van der Waals surface area contributed by atoms with Crippen molar-refractivity contribution in [2.24, 2.45) is 0 Å². The summed E-state index contributed by atoms with van der Waals surface area (Å²) in [5.74, 6) is 0.705. The molecular weight excluding hydrogens is 456 g/mol. The lowest BCUT2D eigenvalue weighted by atomic mass is 10.1. The van der Waals surface area contributed by atoms with Crippen LogP contribution in [0.15, 0.2) is 64.0 Å². The maximum absolute atomic E-state index is 12.1. The lowest BCUT2D eigenvalue weighted by Gasteiger charge is -2.07. The van der Waals surface area contributed by atoms with Crippen molar-refractivity contribution in [3.63, 3.8) is 0 Å². The van der Waals surface area contributed by atoms with Crippen LogP contribution in [0.25, 0.3) is 34.3 Å². The first-order valence-corrected chi connectivity index (χ1v) is 11.5. The van der Waals surface area contributed by atoms with Crippen LogP contribution in [0.4, 0.5) is 0 Å². The molecule has 0 saturated carbocycles. The van der Waals surface area contributed by atoms with Gasteiger partial charge in [0.15, 0.2) is 0 Å². The van der Waals surface area contributed by atoms with Gasteiger partial charge < -0.3 is 20.3 Å². The maximum atomic E-state index is 12.1. The summed E-state index contributed by atoms with van der Waals surface area (Å²) in [6.07, 6.45) is 1.67. The smallest absolute Gasteiger partial charge is 0.268 e. The Labute approximate surface area is 203 Å². The molecule has 2 aromatic carbocycles. The van der Waals surface area contributed by atoms with E-state index in [1.165, 1.54) is 0 Å². The molecule has 0 radical (unpaired) electrons. The molecule has 1 atom stereocenters. The van der Waals surface area contributed by atoms with Crippen LogP contribution in [0.1, 0.15) is 15.5 Å². The fraction of sp³-hybridized carbons (Fsp3) is 0.217. The highest BCUT2D eigenvalue weighted by molar-refractivity contribution is 7.83. The molecule has 0 saturated heterocycles. The largest absolute Gasteiger partial charge is 0.415 e. The predicted octanol–water partition coefficient (Wildman–Crippen LogP) is 2.41. The summed E-state index contributed by atoms with van der Waals surface area (Å²) in [5, 5.41) is 20.3. The van der Waals surface area contributed by atoms with E-state index in [1.807, 2.05) is 50.4 Å². The fourth-order valence-corrected chi connectivity index (χ4v) is 3.99. The van der Waals surface area contributed by atoms with Gasteiger partial charge in [0.05, 0.1) is 29.1 Å². The van der Waals surface area contributed by atoms with E-state index in [1.54, 1.807) is 18.3 Å². The topological polar surface area (TPSA) is 158 Å². The number of benzene rings is 2. The molecule has 34 heavy (non-hydrogen) atoms. The summed E-state index contributed by atoms with van der Waals surface area (Å²) in [6.45, 7) is 2.80. The van der Waals surface area contributed by atoms with Gasteiger partial charge in [-0.25, -0.2) is 13.9 Å². The van der Waals surface area contributed by atoms with Gasteiger partial charge in [-0.05, 0) is 43.8 Å². The second-order valence-corrected chi connectivity index (χ2v) is 8.54. The maximum Gasteiger partial charge on any atom is 0.268 e. The van der Waals surface area contributed by atoms with E-state index in [-0.39, 0.29) is 22.9 Å². The minimum atomic E-state index is -1.39. The number of aryl methyl sites for hydroxylation is 1. The number of aliphatic hydroxyl groups is 1. The zero-order valence-corrected chi connectivity index (χ0v) is 19.6. The van der Waals surface area contributed by atoms with Crippen LogP contribution in [0.5, 0.6) is 0 Å². The summed E-state index contributed by atoms with van der Waals surface area (Å²) in [7, 11) is 0.517. The van der Waals surface area contributed by atoms with E-state index >= 15 is 0 Å². The van der Waals surface area contributed by atoms with Crippen molar-refractivity contribution in [2.45, 2.75) is 18.4 Å². The number of aromatic nitrogens is 4. The van der Waals surface area contributed by atoms with Gasteiger partial charge in [-0.3, -0.25) is 4.98 Å². The molecule has 0 bridgehead atoms. The van der Waals surface area contributed by atoms with Crippen LogP contribution >= 0.6 is 0 Å². The van der Waals surface area contributed by atoms with Crippen molar-refractivity contribution in [1.82, 2.24) is 30.2 Å². The third-order valence-corrected chi connectivity index (χ3v) is 6.04. The van der Waals surface area contributed by atoms with Crippen LogP contribution in [0.2, 0.25) is 0 Å². The lowest BCUT2D eigenvalue weighted by molar-refractivity contribution is 0.302. The average molecular weight is 489 g/mol. The highest BCUT2D eigenvalue weighted by Gasteiger charge is 2.16. The molecule has 4 aromatic rings. The zero-order chi connectivity index (χ0) is 23.2. The Hall–Kier alpha value is -3.35. The van der Waals surface area contributed by atoms with Crippen LogP contribution in [-0.4, -0.2) is 55.2 Å². The number of nitrogens with zero attached hydrogens (tertiary/aromatic N) is 4. The van der Waals surface area contributed by atoms with Crippen molar-refractivity contribution in [2.75, 3.05) is 20.2 Å². The molecule has 184 valence electrons. The Kier molecular flexibility index (Phi) is 8.68. The van der Waals surface area contributed by atoms with Gasteiger partial charge in [0.2, 0.25) is 5.89 Å². The van der Waals surface area contributed by atoms with Gasteiger partial charge >= 0.3 is 0 Å². The van der Waals surface area contributed by atoms with Crippen LogP contribution in [0, 0.1) is 6.92 Å². The molecule has 0 aliphatic rings. The Bertz CT molecular complexity index is 1260. The lowest BCUT2D eigenvalue weighted by Crippen LogP contribution is -2.20. The monoisotopic (exact) mass is 488 g/mol. The predicted molar refractivity (Wildman–Crippen MR) is 135 cm³/mol. The van der Waals surface area contributed by atoms with E-state index < -0.39 is 11.0 Å². The summed E-state index contributed by atoms with van der Waals surface area (Å²) in [5.41, 5.74) is 4.61. The van der Waals surface area contributed by atoms with Crippen LogP contribution in [-0.2, 0) is 17.5 Å². The molecule has 11 heteroatoms. The second kappa shape index (κ2) is 11.7. The molecule has 0 amide bonds. The fourth-order valence-electron chi connectivity index (χ4n) is 3.17. The van der Waals surface area contributed by atoms with E-state index in [0.717, 1.165) is 23.2 Å². The first kappa shape index (κ1) is 25.3. The van der Waals surface area contributed by atoms with Crippen molar-refractivity contribution >= 4 is 11.0 Å². The normalized spacial score (nSPS) is 11.7. The molecule has 2 heterocycles. The minimum Gasteiger partial charge on any atom is -0.415 e. The number of nitrogens with one attached hydrogen (secondary N) is 2. The first-order chi connectivity index (χ1) is 16.1. The van der Waals surface area contributed by atoms with E-state index in [9.17, 15) is 4.21 Å².